The number of benzene rings is 2. The molecule has 3 N–H and O–H groups in total. The monoisotopic (exact) mass is 516 g/mol. The van der Waals surface area contributed by atoms with Gasteiger partial charge in [0.25, 0.3) is 0 Å². The normalized spacial score (nSPS) is 25.1. The van der Waals surface area contributed by atoms with Crippen LogP contribution in [0, 0.1) is 5.92 Å². The third-order valence-electron chi connectivity index (χ3n) is 6.55. The van der Waals surface area contributed by atoms with Gasteiger partial charge in [-0.25, -0.2) is 4.79 Å². The van der Waals surface area contributed by atoms with Gasteiger partial charge in [0.05, 0.1) is 6.61 Å². The highest BCUT2D eigenvalue weighted by Gasteiger charge is 2.44. The Morgan fingerprint density at radius 2 is 1.70 bits per heavy atom. The standard InChI is InChI=1S/C28H36O9/c1-4-18-6-7-19(13-20(18)11-17-5-8-21-22(12-17)34-10-9-33-21)27-26(31)25(30)24(29)23(37-27)15-36-28(32)35-14-16(2)3/h5-8,12-13,16,23-27,29-31H,4,9-11,14-15H2,1-3H3/t23-,24-,25+,26-,27+/m1/s1. The van der Waals surface area contributed by atoms with Crippen LogP contribution in [-0.2, 0) is 27.1 Å². The molecule has 2 aliphatic rings. The molecule has 2 aromatic rings. The van der Waals surface area contributed by atoms with Crippen molar-refractivity contribution < 1.29 is 43.8 Å². The van der Waals surface area contributed by atoms with Crippen LogP contribution in [0.4, 0.5) is 4.79 Å². The highest BCUT2D eigenvalue weighted by Crippen LogP contribution is 2.35. The van der Waals surface area contributed by atoms with Crippen molar-refractivity contribution in [3.05, 3.63) is 58.7 Å². The number of carbonyl (C=O) groups excluding carboxylic acids is 1. The minimum atomic E-state index is -1.48. The molecule has 0 saturated carbocycles. The number of fused-ring (bicyclic) bond motifs is 1. The Morgan fingerprint density at radius 1 is 0.946 bits per heavy atom. The smallest absolute Gasteiger partial charge is 0.486 e. The molecule has 0 aliphatic carbocycles. The van der Waals surface area contributed by atoms with Gasteiger partial charge in [0.2, 0.25) is 0 Å². The van der Waals surface area contributed by atoms with E-state index in [-0.39, 0.29) is 19.1 Å². The fraction of sp³-hybridized carbons (Fsp3) is 0.536. The van der Waals surface area contributed by atoms with Crippen molar-refractivity contribution in [2.45, 2.75) is 64.1 Å². The van der Waals surface area contributed by atoms with Crippen molar-refractivity contribution in [1.29, 1.82) is 0 Å². The lowest BCUT2D eigenvalue weighted by molar-refractivity contribution is -0.232. The molecule has 0 unspecified atom stereocenters. The molecule has 37 heavy (non-hydrogen) atoms. The Labute approximate surface area is 216 Å². The van der Waals surface area contributed by atoms with Gasteiger partial charge in [0.1, 0.15) is 50.3 Å². The average Bonchev–Trinajstić information content (AvgIpc) is 2.90. The molecule has 2 aliphatic heterocycles. The maximum Gasteiger partial charge on any atom is 0.508 e. The second-order valence-electron chi connectivity index (χ2n) is 9.87. The molecule has 9 nitrogen and oxygen atoms in total. The van der Waals surface area contributed by atoms with E-state index < -0.39 is 36.7 Å². The molecule has 0 spiro atoms. The van der Waals surface area contributed by atoms with Crippen LogP contribution in [0.2, 0.25) is 0 Å². The number of aliphatic hydroxyl groups is 3. The minimum absolute atomic E-state index is 0.146. The van der Waals surface area contributed by atoms with Crippen LogP contribution in [0.25, 0.3) is 0 Å². The van der Waals surface area contributed by atoms with E-state index in [9.17, 15) is 20.1 Å². The fourth-order valence-electron chi connectivity index (χ4n) is 4.54. The van der Waals surface area contributed by atoms with Crippen molar-refractivity contribution in [1.82, 2.24) is 0 Å². The lowest BCUT2D eigenvalue weighted by Gasteiger charge is -2.40. The molecule has 0 amide bonds. The van der Waals surface area contributed by atoms with Crippen LogP contribution in [0.5, 0.6) is 11.5 Å². The predicted molar refractivity (Wildman–Crippen MR) is 134 cm³/mol. The summed E-state index contributed by atoms with van der Waals surface area (Å²) in [7, 11) is 0. The summed E-state index contributed by atoms with van der Waals surface area (Å²) in [6.45, 7) is 6.79. The van der Waals surface area contributed by atoms with E-state index in [2.05, 4.69) is 6.92 Å². The Balaban J connectivity index is 1.51. The Kier molecular flexibility index (Phi) is 8.91. The zero-order valence-corrected chi connectivity index (χ0v) is 21.5. The van der Waals surface area contributed by atoms with Crippen molar-refractivity contribution in [2.75, 3.05) is 26.4 Å². The average molecular weight is 517 g/mol. The molecule has 2 aromatic carbocycles. The maximum absolute atomic E-state index is 11.9. The second kappa shape index (κ2) is 12.1. The number of hydrogen-bond donors (Lipinski definition) is 3. The van der Waals surface area contributed by atoms with Gasteiger partial charge in [-0.2, -0.15) is 0 Å². The van der Waals surface area contributed by atoms with E-state index >= 15 is 0 Å². The van der Waals surface area contributed by atoms with Crippen LogP contribution < -0.4 is 9.47 Å². The van der Waals surface area contributed by atoms with E-state index in [0.717, 1.165) is 34.6 Å². The summed E-state index contributed by atoms with van der Waals surface area (Å²) >= 11 is 0. The molecule has 1 saturated heterocycles. The van der Waals surface area contributed by atoms with Crippen molar-refractivity contribution >= 4 is 6.16 Å². The molecule has 0 radical (unpaired) electrons. The number of carbonyl (C=O) groups is 1. The lowest BCUT2D eigenvalue weighted by Crippen LogP contribution is -2.55. The molecule has 1 fully saturated rings. The SMILES string of the molecule is CCc1ccc([C@@H]2O[C@H](COC(=O)OCC(C)C)[C@@H](O)[C@H](O)[C@H]2O)cc1Cc1ccc2c(c1)OCCO2. The summed E-state index contributed by atoms with van der Waals surface area (Å²) in [5, 5.41) is 31.7. The summed E-state index contributed by atoms with van der Waals surface area (Å²) in [5.74, 6) is 1.59. The molecule has 0 bridgehead atoms. The van der Waals surface area contributed by atoms with Gasteiger partial charge in [-0.3, -0.25) is 0 Å². The topological polar surface area (TPSA) is 124 Å². The van der Waals surface area contributed by atoms with Crippen LogP contribution in [-0.4, -0.2) is 72.3 Å². The number of aryl methyl sites for hydroxylation is 1. The molecule has 5 atom stereocenters. The van der Waals surface area contributed by atoms with Gasteiger partial charge in [-0.05, 0) is 53.1 Å². The first kappa shape index (κ1) is 27.2. The highest BCUT2D eigenvalue weighted by molar-refractivity contribution is 5.59. The van der Waals surface area contributed by atoms with Gasteiger partial charge in [0, 0.05) is 0 Å². The Hall–Kier alpha value is -2.85. The van der Waals surface area contributed by atoms with Crippen molar-refractivity contribution in [3.63, 3.8) is 0 Å². The number of aliphatic hydroxyl groups excluding tert-OH is 3. The quantitative estimate of drug-likeness (QED) is 0.454. The summed E-state index contributed by atoms with van der Waals surface area (Å²) in [6.07, 6.45) is -5.70. The van der Waals surface area contributed by atoms with Crippen LogP contribution in [0.3, 0.4) is 0 Å². The van der Waals surface area contributed by atoms with Crippen LogP contribution in [0.1, 0.15) is 49.1 Å². The molecule has 4 rings (SSSR count). The molecular formula is C28H36O9. The molecular weight excluding hydrogens is 480 g/mol. The predicted octanol–water partition coefficient (Wildman–Crippen LogP) is 2.94. The maximum atomic E-state index is 11.9. The molecule has 2 heterocycles. The van der Waals surface area contributed by atoms with Gasteiger partial charge in [0.15, 0.2) is 11.5 Å². The molecule has 0 aromatic heterocycles. The summed E-state index contributed by atoms with van der Waals surface area (Å²) < 4.78 is 27.4. The van der Waals surface area contributed by atoms with Crippen molar-refractivity contribution in [3.8, 4) is 11.5 Å². The zero-order valence-electron chi connectivity index (χ0n) is 21.5. The van der Waals surface area contributed by atoms with Gasteiger partial charge in [-0.15, -0.1) is 0 Å². The fourth-order valence-corrected chi connectivity index (χ4v) is 4.54. The van der Waals surface area contributed by atoms with Gasteiger partial charge >= 0.3 is 6.16 Å². The summed E-state index contributed by atoms with van der Waals surface area (Å²) in [6, 6.07) is 11.6. The molecule has 202 valence electrons. The first-order valence-corrected chi connectivity index (χ1v) is 12.8. The van der Waals surface area contributed by atoms with Crippen molar-refractivity contribution in [2.24, 2.45) is 5.92 Å². The third kappa shape index (κ3) is 6.54. The van der Waals surface area contributed by atoms with E-state index in [1.165, 1.54) is 0 Å². The summed E-state index contributed by atoms with van der Waals surface area (Å²) in [5.41, 5.74) is 3.87. The minimum Gasteiger partial charge on any atom is -0.486 e. The number of hydrogen-bond acceptors (Lipinski definition) is 9. The highest BCUT2D eigenvalue weighted by atomic mass is 16.7. The van der Waals surface area contributed by atoms with E-state index in [0.29, 0.717) is 25.2 Å². The Bertz CT molecular complexity index is 1070. The number of rotatable bonds is 8. The van der Waals surface area contributed by atoms with E-state index in [1.54, 1.807) is 0 Å². The second-order valence-corrected chi connectivity index (χ2v) is 9.87. The van der Waals surface area contributed by atoms with E-state index in [1.807, 2.05) is 50.2 Å². The Morgan fingerprint density at radius 3 is 2.43 bits per heavy atom. The summed E-state index contributed by atoms with van der Waals surface area (Å²) in [4.78, 5) is 11.9. The molecule has 9 heteroatoms. The lowest BCUT2D eigenvalue weighted by atomic mass is 9.88. The number of ether oxygens (including phenoxy) is 5. The van der Waals surface area contributed by atoms with Crippen LogP contribution >= 0.6 is 0 Å². The third-order valence-corrected chi connectivity index (χ3v) is 6.55. The zero-order chi connectivity index (χ0) is 26.5. The van der Waals surface area contributed by atoms with E-state index in [4.69, 9.17) is 23.7 Å². The first-order chi connectivity index (χ1) is 17.8. The first-order valence-electron chi connectivity index (χ1n) is 12.8. The van der Waals surface area contributed by atoms with Gasteiger partial charge in [-0.1, -0.05) is 45.0 Å². The largest absolute Gasteiger partial charge is 0.508 e. The van der Waals surface area contributed by atoms with Crippen LogP contribution in [0.15, 0.2) is 36.4 Å². The van der Waals surface area contributed by atoms with Gasteiger partial charge < -0.3 is 39.0 Å².